The van der Waals surface area contributed by atoms with Crippen LogP contribution in [-0.2, 0) is 30.6 Å². The third-order valence-corrected chi connectivity index (χ3v) is 8.10. The minimum atomic E-state index is -4.46. The summed E-state index contributed by atoms with van der Waals surface area (Å²) >= 11 is 0. The number of nitrogens with zero attached hydrogens (tertiary/aromatic N) is 2. The highest BCUT2D eigenvalue weighted by molar-refractivity contribution is 7.93. The Balaban J connectivity index is 1.58. The number of hydrogen-bond donors (Lipinski definition) is 3. The van der Waals surface area contributed by atoms with Crippen LogP contribution in [0.5, 0.6) is 5.75 Å². The van der Waals surface area contributed by atoms with Gasteiger partial charge < -0.3 is 20.3 Å². The minimum Gasteiger partial charge on any atom is -0.508 e. The fraction of sp³-hybridized carbons (Fsp3) is 0.227. The van der Waals surface area contributed by atoms with Gasteiger partial charge in [-0.1, -0.05) is 30.3 Å². The molecule has 0 bridgehead atoms. The van der Waals surface area contributed by atoms with Crippen molar-refractivity contribution in [1.29, 1.82) is 0 Å². The van der Waals surface area contributed by atoms with Crippen molar-refractivity contribution < 1.29 is 42.7 Å². The van der Waals surface area contributed by atoms with E-state index in [1.54, 1.807) is 30.3 Å². The molecule has 2 unspecified atom stereocenters. The predicted molar refractivity (Wildman–Crippen MR) is 121 cm³/mol. The number of carbonyl (C=O) groups is 3. The summed E-state index contributed by atoms with van der Waals surface area (Å²) in [7, 11) is -4.46. The molecule has 0 aromatic heterocycles. The van der Waals surface area contributed by atoms with Gasteiger partial charge in [-0.25, -0.2) is 13.2 Å². The number of benzene rings is 2. The van der Waals surface area contributed by atoms with Gasteiger partial charge in [-0.15, -0.1) is 0 Å². The number of aliphatic hydroxyl groups is 1. The Bertz CT molecular complexity index is 1370. The molecule has 3 atom stereocenters. The second-order valence-electron chi connectivity index (χ2n) is 7.99. The van der Waals surface area contributed by atoms with Crippen LogP contribution in [0.15, 0.2) is 66.1 Å². The van der Waals surface area contributed by atoms with Crippen molar-refractivity contribution in [3.05, 3.63) is 81.7 Å². The number of nitro benzene ring substituents is 1. The molecule has 0 saturated carbocycles. The molecule has 2 aliphatic heterocycles. The number of aliphatic carboxylic acids is 1. The van der Waals surface area contributed by atoms with Gasteiger partial charge in [0, 0.05) is 12.1 Å². The van der Waals surface area contributed by atoms with E-state index in [0.29, 0.717) is 10.6 Å². The first-order valence-corrected chi connectivity index (χ1v) is 12.1. The number of carboxylic acid groups (broad SMARTS) is 1. The molecule has 0 aliphatic carbocycles. The van der Waals surface area contributed by atoms with Crippen molar-refractivity contribution in [3.63, 3.8) is 0 Å². The number of nitrogens with one attached hydrogen (secondary N) is 1. The lowest BCUT2D eigenvalue weighted by molar-refractivity contribution is -0.384. The molecule has 13 nitrogen and oxygen atoms in total. The first-order chi connectivity index (χ1) is 17.0. The van der Waals surface area contributed by atoms with Gasteiger partial charge in [0.2, 0.25) is 0 Å². The summed E-state index contributed by atoms with van der Waals surface area (Å²) in [5, 5.41) is 29.7. The molecule has 4 rings (SSSR count). The van der Waals surface area contributed by atoms with E-state index in [1.807, 2.05) is 0 Å². The highest BCUT2D eigenvalue weighted by Crippen LogP contribution is 2.40. The monoisotopic (exact) mass is 517 g/mol. The Labute approximate surface area is 203 Å². The van der Waals surface area contributed by atoms with Gasteiger partial charge in [0.25, 0.3) is 17.5 Å². The third-order valence-electron chi connectivity index (χ3n) is 5.77. The Morgan fingerprint density at radius 2 is 1.75 bits per heavy atom. The van der Waals surface area contributed by atoms with E-state index in [1.165, 1.54) is 12.1 Å². The van der Waals surface area contributed by atoms with Crippen molar-refractivity contribution in [1.82, 2.24) is 10.2 Å². The smallest absolute Gasteiger partial charge is 0.356 e. The van der Waals surface area contributed by atoms with E-state index in [2.05, 4.69) is 5.32 Å². The van der Waals surface area contributed by atoms with Crippen molar-refractivity contribution in [2.45, 2.75) is 23.1 Å². The number of fused-ring (bicyclic) bond motifs is 1. The predicted octanol–water partition coefficient (Wildman–Crippen LogP) is 0.521. The summed E-state index contributed by atoms with van der Waals surface area (Å²) in [6, 6.07) is 11.5. The molecule has 3 N–H and O–H groups in total. The van der Waals surface area contributed by atoms with Crippen molar-refractivity contribution in [2.75, 3.05) is 6.61 Å². The second kappa shape index (κ2) is 9.30. The summed E-state index contributed by atoms with van der Waals surface area (Å²) in [6.45, 7) is -0.528. The fourth-order valence-electron chi connectivity index (χ4n) is 4.04. The van der Waals surface area contributed by atoms with Crippen molar-refractivity contribution >= 4 is 33.3 Å². The zero-order valence-corrected chi connectivity index (χ0v) is 19.1. The molecule has 2 amide bonds. The molecule has 1 saturated heterocycles. The highest BCUT2D eigenvalue weighted by atomic mass is 32.2. The van der Waals surface area contributed by atoms with E-state index in [9.17, 15) is 43.1 Å². The van der Waals surface area contributed by atoms with E-state index < -0.39 is 73.7 Å². The molecular weight excluding hydrogens is 498 g/mol. The van der Waals surface area contributed by atoms with Crippen molar-refractivity contribution in [2.24, 2.45) is 0 Å². The van der Waals surface area contributed by atoms with E-state index in [4.69, 9.17) is 4.74 Å². The maximum Gasteiger partial charge on any atom is 0.356 e. The van der Waals surface area contributed by atoms with Gasteiger partial charge in [-0.2, -0.15) is 0 Å². The van der Waals surface area contributed by atoms with Crippen LogP contribution in [0, 0.1) is 10.1 Å². The van der Waals surface area contributed by atoms with Gasteiger partial charge in [0.1, 0.15) is 22.8 Å². The van der Waals surface area contributed by atoms with Crippen LogP contribution < -0.4 is 10.1 Å². The number of amides is 2. The average Bonchev–Trinajstić information content (AvgIpc) is 2.84. The van der Waals surface area contributed by atoms with E-state index in [-0.39, 0.29) is 11.3 Å². The van der Waals surface area contributed by atoms with Gasteiger partial charge >= 0.3 is 5.97 Å². The Hall–Kier alpha value is -4.46. The van der Waals surface area contributed by atoms with Gasteiger partial charge in [-0.3, -0.25) is 24.6 Å². The van der Waals surface area contributed by atoms with Gasteiger partial charge in [0.15, 0.2) is 27.5 Å². The molecule has 2 aromatic rings. The summed E-state index contributed by atoms with van der Waals surface area (Å²) in [4.78, 5) is 47.5. The number of β-lactam (4-membered cyclic amide) rings is 1. The Kier molecular flexibility index (Phi) is 6.37. The number of sulfone groups is 1. The fourth-order valence-corrected chi connectivity index (χ4v) is 6.30. The first kappa shape index (κ1) is 24.7. The third kappa shape index (κ3) is 4.33. The number of para-hydroxylation sites is 1. The van der Waals surface area contributed by atoms with E-state index in [0.717, 1.165) is 12.1 Å². The Morgan fingerprint density at radius 1 is 1.11 bits per heavy atom. The number of rotatable bonds is 8. The second-order valence-corrected chi connectivity index (χ2v) is 10.2. The zero-order chi connectivity index (χ0) is 26.2. The number of hydrogen-bond acceptors (Lipinski definition) is 9. The van der Waals surface area contributed by atoms with Crippen LogP contribution in [0.1, 0.15) is 5.56 Å². The van der Waals surface area contributed by atoms with Crippen LogP contribution >= 0.6 is 0 Å². The number of non-ortho nitro benzene ring substituents is 1. The maximum absolute atomic E-state index is 13.4. The lowest BCUT2D eigenvalue weighted by Gasteiger charge is -2.49. The topological polar surface area (TPSA) is 193 Å². The minimum absolute atomic E-state index is 0.243. The normalized spacial score (nSPS) is 22.3. The number of aliphatic hydroxyl groups excluding tert-OH is 1. The molecule has 188 valence electrons. The molecule has 1 fully saturated rings. The zero-order valence-electron chi connectivity index (χ0n) is 18.3. The van der Waals surface area contributed by atoms with Crippen molar-refractivity contribution in [3.8, 4) is 5.75 Å². The molecule has 14 heteroatoms. The van der Waals surface area contributed by atoms with Gasteiger partial charge in [-0.05, 0) is 24.1 Å². The van der Waals surface area contributed by atoms with Gasteiger partial charge in [0.05, 0.1) is 4.92 Å². The lowest BCUT2D eigenvalue weighted by Crippen LogP contribution is -2.76. The average molecular weight is 517 g/mol. The van der Waals surface area contributed by atoms with Crippen LogP contribution in [0.2, 0.25) is 0 Å². The number of nitro groups is 1. The largest absolute Gasteiger partial charge is 0.508 e. The molecule has 2 aliphatic rings. The number of carbonyl (C=O) groups excluding carboxylic acids is 2. The highest BCUT2D eigenvalue weighted by Gasteiger charge is 2.63. The quantitative estimate of drug-likeness (QED) is 0.252. The molecular formula is C22H19N3O10S. The Morgan fingerprint density at radius 3 is 2.33 bits per heavy atom. The summed E-state index contributed by atoms with van der Waals surface area (Å²) < 4.78 is 32.0. The summed E-state index contributed by atoms with van der Waals surface area (Å²) in [6.07, 6.45) is -0.417. The first-order valence-electron chi connectivity index (χ1n) is 10.4. The van der Waals surface area contributed by atoms with Crippen LogP contribution in [0.3, 0.4) is 0 Å². The lowest BCUT2D eigenvalue weighted by atomic mass is 10.0. The molecule has 0 radical (unpaired) electrons. The van der Waals surface area contributed by atoms with Crippen LogP contribution in [0.4, 0.5) is 5.69 Å². The van der Waals surface area contributed by atoms with Crippen LogP contribution in [-0.4, -0.2) is 69.5 Å². The SMILES string of the molecule is O=C(COc1ccccc1)NC1C(=O)N2C(C(=O)O)=C(O)C(Cc3ccc([N+](=O)[O-])cc3)S(=O)(=O)[C@H]12. The number of ether oxygens (including phenoxy) is 1. The van der Waals surface area contributed by atoms with E-state index >= 15 is 0 Å². The number of carboxylic acids is 1. The van der Waals surface area contributed by atoms with Crippen LogP contribution in [0.25, 0.3) is 0 Å². The molecule has 2 heterocycles. The molecule has 36 heavy (non-hydrogen) atoms. The molecule has 0 spiro atoms. The standard InChI is InChI=1S/C22H19N3O10S/c26-16(11-35-14-4-2-1-3-5-14)23-17-20(28)24-18(22(29)30)19(27)15(36(33,34)21(17)24)10-12-6-8-13(9-7-12)25(31)32/h1-9,15,17,21,27H,10-11H2,(H,23,26)(H,29,30)/t15?,17?,21-/m1/s1. The summed E-state index contributed by atoms with van der Waals surface area (Å²) in [5.74, 6) is -4.23. The maximum atomic E-state index is 13.4. The molecule has 2 aromatic carbocycles. The summed E-state index contributed by atoms with van der Waals surface area (Å²) in [5.41, 5.74) is -0.883.